The van der Waals surface area contributed by atoms with Crippen molar-refractivity contribution in [1.29, 1.82) is 5.41 Å². The minimum absolute atomic E-state index is 0.0690. The molecule has 14 heteroatoms. The third-order valence-electron chi connectivity index (χ3n) is 6.50. The van der Waals surface area contributed by atoms with Gasteiger partial charge in [-0.15, -0.1) is 0 Å². The Kier molecular flexibility index (Phi) is 7.19. The largest absolute Gasteiger partial charge is 0.534 e. The van der Waals surface area contributed by atoms with Gasteiger partial charge < -0.3 is 24.8 Å². The van der Waals surface area contributed by atoms with E-state index in [9.17, 15) is 35.2 Å². The lowest BCUT2D eigenvalue weighted by molar-refractivity contribution is -0.0500. The van der Waals surface area contributed by atoms with Gasteiger partial charge in [-0.3, -0.25) is 4.79 Å². The molecule has 0 atom stereocenters. The fraction of sp³-hybridized carbons (Fsp3) is 0.280. The van der Waals surface area contributed by atoms with Crippen molar-refractivity contribution < 1.29 is 34.6 Å². The highest BCUT2D eigenvalue weighted by atomic mass is 32.2. The summed E-state index contributed by atoms with van der Waals surface area (Å²) in [4.78, 5) is 14.2. The lowest BCUT2D eigenvalue weighted by atomic mass is 9.91. The maximum Gasteiger partial charge on any atom is 0.534 e. The van der Waals surface area contributed by atoms with E-state index in [1.165, 1.54) is 32.2 Å². The van der Waals surface area contributed by atoms with Crippen molar-refractivity contribution in [3.05, 3.63) is 69.1 Å². The van der Waals surface area contributed by atoms with Crippen LogP contribution in [0.5, 0.6) is 5.75 Å². The second-order valence-corrected chi connectivity index (χ2v) is 10.5. The summed E-state index contributed by atoms with van der Waals surface area (Å²) in [6.45, 7) is 1.78. The van der Waals surface area contributed by atoms with Crippen molar-refractivity contribution >= 4 is 44.2 Å². The number of aromatic nitrogens is 1. The number of hydrogen-bond acceptors (Lipinski definition) is 7. The number of hydrogen-bond donors (Lipinski definition) is 2. The number of aryl methyl sites for hydroxylation is 3. The number of rotatable bonds is 6. The molecule has 0 saturated heterocycles. The van der Waals surface area contributed by atoms with Gasteiger partial charge in [0.25, 0.3) is 12.0 Å². The first-order valence-electron chi connectivity index (χ1n) is 11.5. The van der Waals surface area contributed by atoms with Crippen LogP contribution in [-0.2, 0) is 23.6 Å². The first kappa shape index (κ1) is 28.1. The Bertz CT molecular complexity index is 1680. The van der Waals surface area contributed by atoms with Gasteiger partial charge in [-0.1, -0.05) is 0 Å². The van der Waals surface area contributed by atoms with Gasteiger partial charge in [-0.2, -0.15) is 21.6 Å². The first-order chi connectivity index (χ1) is 18.2. The van der Waals surface area contributed by atoms with E-state index in [0.29, 0.717) is 35.0 Å². The minimum Gasteiger partial charge on any atom is -0.404 e. The third-order valence-corrected chi connectivity index (χ3v) is 7.48. The van der Waals surface area contributed by atoms with Crippen LogP contribution in [0.1, 0.15) is 35.1 Å². The smallest absolute Gasteiger partial charge is 0.404 e. The predicted octanol–water partition coefficient (Wildman–Crippen LogP) is 5.05. The van der Waals surface area contributed by atoms with Gasteiger partial charge >= 0.3 is 15.6 Å². The second-order valence-electron chi connectivity index (χ2n) is 8.94. The zero-order valence-electron chi connectivity index (χ0n) is 20.6. The highest BCUT2D eigenvalue weighted by Crippen LogP contribution is 2.43. The average Bonchev–Trinajstić information content (AvgIpc) is 2.86. The van der Waals surface area contributed by atoms with Crippen LogP contribution in [0.3, 0.4) is 0 Å². The summed E-state index contributed by atoms with van der Waals surface area (Å²) < 4.78 is 96.6. The molecule has 208 valence electrons. The highest BCUT2D eigenvalue weighted by Gasteiger charge is 2.48. The molecule has 3 N–H and O–H groups in total. The maximum absolute atomic E-state index is 14.1. The zero-order valence-corrected chi connectivity index (χ0v) is 21.5. The van der Waals surface area contributed by atoms with Crippen LogP contribution >= 0.6 is 0 Å². The number of halogens is 5. The molecule has 0 spiro atoms. The standard InChI is InChI=1S/C25H23F5N4O4S/c1-13-6-19-21(33(2)24(13)35)8-16(38-39(36,37)25(28,29)30)9-22(19)34-5-3-4-14-7-17(15(11-31)12-32)18(23(26)27)10-20(14)34/h6-12,23,31H,3-5,32H2,1-2H3/b15-12+,31-11?. The van der Waals surface area contributed by atoms with Gasteiger partial charge in [0, 0.05) is 65.9 Å². The Hall–Kier alpha value is -3.94. The van der Waals surface area contributed by atoms with Crippen molar-refractivity contribution in [2.24, 2.45) is 12.8 Å². The molecule has 1 aromatic heterocycles. The van der Waals surface area contributed by atoms with E-state index >= 15 is 0 Å². The number of anilines is 2. The first-order valence-corrected chi connectivity index (χ1v) is 12.9. The summed E-state index contributed by atoms with van der Waals surface area (Å²) in [6, 6.07) is 6.29. The molecular formula is C25H23F5N4O4S. The summed E-state index contributed by atoms with van der Waals surface area (Å²) in [5.41, 5.74) is 0.543. The summed E-state index contributed by atoms with van der Waals surface area (Å²) in [7, 11) is -4.67. The summed E-state index contributed by atoms with van der Waals surface area (Å²) in [6.07, 6.45) is -0.0837. The number of fused-ring (bicyclic) bond motifs is 2. The molecule has 0 saturated carbocycles. The number of allylic oxidation sites excluding steroid dienone is 1. The van der Waals surface area contributed by atoms with Crippen molar-refractivity contribution in [2.45, 2.75) is 31.7 Å². The van der Waals surface area contributed by atoms with E-state index in [4.69, 9.17) is 11.1 Å². The molecule has 2 heterocycles. The van der Waals surface area contributed by atoms with Crippen molar-refractivity contribution in [3.8, 4) is 5.75 Å². The van der Waals surface area contributed by atoms with Gasteiger partial charge in [0.15, 0.2) is 0 Å². The molecule has 4 rings (SSSR count). The van der Waals surface area contributed by atoms with Crippen LogP contribution in [0.2, 0.25) is 0 Å². The van der Waals surface area contributed by atoms with Gasteiger partial charge in [-0.05, 0) is 49.1 Å². The molecule has 0 fully saturated rings. The molecule has 0 bridgehead atoms. The Balaban J connectivity index is 2.02. The molecule has 39 heavy (non-hydrogen) atoms. The Morgan fingerprint density at radius 1 is 1.15 bits per heavy atom. The second kappa shape index (κ2) is 9.98. The molecule has 8 nitrogen and oxygen atoms in total. The van der Waals surface area contributed by atoms with E-state index in [0.717, 1.165) is 29.1 Å². The minimum atomic E-state index is -6.04. The van der Waals surface area contributed by atoms with Gasteiger partial charge in [0.1, 0.15) is 5.75 Å². The van der Waals surface area contributed by atoms with Crippen molar-refractivity contribution in [1.82, 2.24) is 4.57 Å². The van der Waals surface area contributed by atoms with Crippen LogP contribution in [-0.4, -0.2) is 31.3 Å². The number of nitrogens with one attached hydrogen (secondary N) is 1. The van der Waals surface area contributed by atoms with Crippen LogP contribution in [0, 0.1) is 12.3 Å². The van der Waals surface area contributed by atoms with E-state index in [1.807, 2.05) is 0 Å². The molecule has 0 unspecified atom stereocenters. The van der Waals surface area contributed by atoms with Crippen LogP contribution in [0.25, 0.3) is 16.5 Å². The third kappa shape index (κ3) is 4.95. The predicted molar refractivity (Wildman–Crippen MR) is 137 cm³/mol. The van der Waals surface area contributed by atoms with Gasteiger partial charge in [-0.25, -0.2) is 8.78 Å². The number of nitrogens with zero attached hydrogens (tertiary/aromatic N) is 2. The monoisotopic (exact) mass is 570 g/mol. The van der Waals surface area contributed by atoms with Crippen LogP contribution < -0.4 is 20.4 Å². The Labute approximate surface area is 219 Å². The maximum atomic E-state index is 14.1. The normalized spacial score (nSPS) is 14.6. The topological polar surface area (TPSA) is 118 Å². The number of pyridine rings is 1. The molecule has 2 aromatic carbocycles. The van der Waals surface area contributed by atoms with E-state index in [2.05, 4.69) is 4.18 Å². The fourth-order valence-corrected chi connectivity index (χ4v) is 5.11. The lowest BCUT2D eigenvalue weighted by Crippen LogP contribution is -2.29. The summed E-state index contributed by atoms with van der Waals surface area (Å²) >= 11 is 0. The van der Waals surface area contributed by atoms with Gasteiger partial charge in [0.2, 0.25) is 0 Å². The van der Waals surface area contributed by atoms with Crippen molar-refractivity contribution in [3.63, 3.8) is 0 Å². The lowest BCUT2D eigenvalue weighted by Gasteiger charge is -2.34. The Morgan fingerprint density at radius 2 is 1.85 bits per heavy atom. The number of benzene rings is 2. The fourth-order valence-electron chi connectivity index (χ4n) is 4.67. The zero-order chi connectivity index (χ0) is 28.9. The summed E-state index contributed by atoms with van der Waals surface area (Å²) in [5.74, 6) is -0.705. The molecule has 1 aliphatic rings. The molecule has 1 aliphatic heterocycles. The molecule has 0 radical (unpaired) electrons. The Morgan fingerprint density at radius 3 is 2.44 bits per heavy atom. The van der Waals surface area contributed by atoms with E-state index in [-0.39, 0.29) is 28.9 Å². The van der Waals surface area contributed by atoms with E-state index < -0.39 is 38.9 Å². The average molecular weight is 571 g/mol. The SMILES string of the molecule is Cc1cc2c(N3CCCc4cc(/C(C=N)=C/N)c(C(F)F)cc43)cc(OS(=O)(=O)C(F)(F)F)cc2n(C)c1=O. The summed E-state index contributed by atoms with van der Waals surface area (Å²) in [5, 5.41) is 7.90. The molecule has 0 aliphatic carbocycles. The highest BCUT2D eigenvalue weighted by molar-refractivity contribution is 7.88. The quantitative estimate of drug-likeness (QED) is 0.185. The van der Waals surface area contributed by atoms with Crippen LogP contribution in [0.4, 0.5) is 33.3 Å². The molecule has 3 aromatic rings. The van der Waals surface area contributed by atoms with Gasteiger partial charge in [0.05, 0.1) is 11.2 Å². The van der Waals surface area contributed by atoms with Crippen LogP contribution in [0.15, 0.2) is 41.3 Å². The van der Waals surface area contributed by atoms with E-state index in [1.54, 1.807) is 4.90 Å². The number of alkyl halides is 5. The molecular weight excluding hydrogens is 547 g/mol. The van der Waals surface area contributed by atoms with Crippen molar-refractivity contribution in [2.75, 3.05) is 11.4 Å². The number of nitrogens with two attached hydrogens (primary N) is 1. The molecule has 0 amide bonds.